The highest BCUT2D eigenvalue weighted by Crippen LogP contribution is 2.56. The Kier molecular flexibility index (Phi) is 4.04. The monoisotopic (exact) mass is 374 g/mol. The van der Waals surface area contributed by atoms with E-state index < -0.39 is 0 Å². The number of imide groups is 1. The maximum atomic E-state index is 13.3. The Bertz CT molecular complexity index is 860. The minimum absolute atomic E-state index is 0.142. The molecule has 3 aliphatic rings. The molecule has 0 aromatic heterocycles. The maximum Gasteiger partial charge on any atom is 0.251 e. The molecule has 0 spiro atoms. The van der Waals surface area contributed by atoms with Crippen molar-refractivity contribution < 1.29 is 14.4 Å². The van der Waals surface area contributed by atoms with Crippen molar-refractivity contribution in [2.75, 3.05) is 11.4 Å². The summed E-state index contributed by atoms with van der Waals surface area (Å²) in [7, 11) is 0. The van der Waals surface area contributed by atoms with Crippen molar-refractivity contribution in [3.8, 4) is 0 Å². The quantitative estimate of drug-likeness (QED) is 0.771. The number of hydrogen-bond acceptors (Lipinski definition) is 3. The maximum absolute atomic E-state index is 13.3. The summed E-state index contributed by atoms with van der Waals surface area (Å²) < 4.78 is 0. The molecule has 0 radical (unpaired) electrons. The van der Waals surface area contributed by atoms with E-state index in [1.165, 1.54) is 4.90 Å². The number of hydrogen-bond donors (Lipinski definition) is 0. The van der Waals surface area contributed by atoms with Crippen LogP contribution >= 0.6 is 0 Å². The first kappa shape index (κ1) is 17.2. The summed E-state index contributed by atoms with van der Waals surface area (Å²) in [5.41, 5.74) is 1.44. The van der Waals surface area contributed by atoms with Gasteiger partial charge in [-0.2, -0.15) is 0 Å². The van der Waals surface area contributed by atoms with Gasteiger partial charge in [0.25, 0.3) is 5.91 Å². The van der Waals surface area contributed by atoms with Crippen molar-refractivity contribution in [3.05, 3.63) is 60.7 Å². The van der Waals surface area contributed by atoms with Gasteiger partial charge in [0.1, 0.15) is 6.54 Å². The van der Waals surface area contributed by atoms with Crippen molar-refractivity contribution in [1.82, 2.24) is 4.90 Å². The second kappa shape index (κ2) is 6.59. The summed E-state index contributed by atoms with van der Waals surface area (Å²) in [4.78, 5) is 42.0. The summed E-state index contributed by atoms with van der Waals surface area (Å²) in [5, 5.41) is 0. The summed E-state index contributed by atoms with van der Waals surface area (Å²) in [6, 6.07) is 18.7. The smallest absolute Gasteiger partial charge is 0.251 e. The Labute approximate surface area is 163 Å². The number of carbonyl (C=O) groups is 3. The summed E-state index contributed by atoms with van der Waals surface area (Å²) in [6.07, 6.45) is 3.06. The van der Waals surface area contributed by atoms with E-state index >= 15 is 0 Å². The van der Waals surface area contributed by atoms with Crippen LogP contribution in [0.1, 0.15) is 19.3 Å². The lowest BCUT2D eigenvalue weighted by atomic mass is 9.81. The molecular weight excluding hydrogens is 352 g/mol. The molecule has 2 aromatic rings. The fourth-order valence-corrected chi connectivity index (χ4v) is 5.42. The molecule has 2 bridgehead atoms. The van der Waals surface area contributed by atoms with Crippen molar-refractivity contribution in [2.24, 2.45) is 23.7 Å². The highest BCUT2D eigenvalue weighted by atomic mass is 16.2. The minimum atomic E-state index is -0.272. The predicted octanol–water partition coefficient (Wildman–Crippen LogP) is 3.38. The average Bonchev–Trinajstić information content (AvgIpc) is 3.40. The van der Waals surface area contributed by atoms with Crippen molar-refractivity contribution in [1.29, 1.82) is 0 Å². The van der Waals surface area contributed by atoms with Gasteiger partial charge in [0.15, 0.2) is 0 Å². The number of carbonyl (C=O) groups excluding carboxylic acids is 3. The normalized spacial score (nSPS) is 27.9. The summed E-state index contributed by atoms with van der Waals surface area (Å²) >= 11 is 0. The summed E-state index contributed by atoms with van der Waals surface area (Å²) in [6.45, 7) is -0.201. The third-order valence-corrected chi connectivity index (χ3v) is 6.59. The van der Waals surface area contributed by atoms with Crippen molar-refractivity contribution in [3.63, 3.8) is 0 Å². The highest BCUT2D eigenvalue weighted by molar-refractivity contribution is 6.11. The number of amides is 3. The minimum Gasteiger partial charge on any atom is -0.280 e. The molecule has 3 fully saturated rings. The van der Waals surface area contributed by atoms with Gasteiger partial charge in [-0.15, -0.1) is 0 Å². The number of anilines is 2. The molecule has 4 atom stereocenters. The largest absolute Gasteiger partial charge is 0.280 e. The molecule has 2 aromatic carbocycles. The number of para-hydroxylation sites is 2. The fourth-order valence-electron chi connectivity index (χ4n) is 5.42. The molecular formula is C23H22N2O3. The van der Waals surface area contributed by atoms with Crippen LogP contribution in [0.5, 0.6) is 0 Å². The molecule has 1 saturated heterocycles. The fraction of sp³-hybridized carbons (Fsp3) is 0.348. The molecule has 0 unspecified atom stereocenters. The van der Waals surface area contributed by atoms with Crippen LogP contribution in [0.25, 0.3) is 0 Å². The number of fused-ring (bicyclic) bond motifs is 5. The molecule has 1 aliphatic heterocycles. The van der Waals surface area contributed by atoms with E-state index in [1.54, 1.807) is 4.90 Å². The first-order valence-corrected chi connectivity index (χ1v) is 9.93. The number of nitrogens with zero attached hydrogens (tertiary/aromatic N) is 2. The van der Waals surface area contributed by atoms with E-state index in [-0.39, 0.29) is 36.1 Å². The molecule has 2 saturated carbocycles. The lowest BCUT2D eigenvalue weighted by molar-refractivity contribution is -0.143. The van der Waals surface area contributed by atoms with Crippen molar-refractivity contribution in [2.45, 2.75) is 19.3 Å². The molecule has 1 heterocycles. The van der Waals surface area contributed by atoms with Crippen LogP contribution in [-0.4, -0.2) is 29.2 Å². The van der Waals surface area contributed by atoms with Crippen LogP contribution < -0.4 is 4.90 Å². The van der Waals surface area contributed by atoms with Crippen molar-refractivity contribution >= 4 is 29.1 Å². The van der Waals surface area contributed by atoms with E-state index in [1.807, 2.05) is 60.7 Å². The molecule has 5 nitrogen and oxygen atoms in total. The Morgan fingerprint density at radius 3 is 1.75 bits per heavy atom. The third kappa shape index (κ3) is 2.57. The molecule has 5 rings (SSSR count). The van der Waals surface area contributed by atoms with Crippen LogP contribution in [0.4, 0.5) is 11.4 Å². The Morgan fingerprint density at radius 2 is 1.29 bits per heavy atom. The zero-order chi connectivity index (χ0) is 19.3. The van der Waals surface area contributed by atoms with Gasteiger partial charge >= 0.3 is 0 Å². The van der Waals surface area contributed by atoms with Gasteiger partial charge < -0.3 is 0 Å². The van der Waals surface area contributed by atoms with Gasteiger partial charge in [-0.3, -0.25) is 24.2 Å². The Hall–Kier alpha value is -2.95. The second-order valence-corrected chi connectivity index (χ2v) is 8.05. The molecule has 3 amide bonds. The molecule has 5 heteroatoms. The van der Waals surface area contributed by atoms with Gasteiger partial charge in [0.2, 0.25) is 11.8 Å². The highest BCUT2D eigenvalue weighted by Gasteiger charge is 2.61. The van der Waals surface area contributed by atoms with E-state index in [0.717, 1.165) is 30.6 Å². The number of rotatable bonds is 4. The van der Waals surface area contributed by atoms with Gasteiger partial charge in [-0.25, -0.2) is 0 Å². The first-order valence-electron chi connectivity index (χ1n) is 9.93. The van der Waals surface area contributed by atoms with E-state index in [4.69, 9.17) is 0 Å². The SMILES string of the molecule is O=C1[C@H]2[C@@H]3CC[C@@H](C3)[C@@H]2C(=O)N1CC(=O)N(c1ccccc1)c1ccccc1. The van der Waals surface area contributed by atoms with Crippen LogP contribution in [0.15, 0.2) is 60.7 Å². The number of likely N-dealkylation sites (tertiary alicyclic amines) is 1. The van der Waals surface area contributed by atoms with Gasteiger partial charge in [0.05, 0.1) is 11.8 Å². The zero-order valence-electron chi connectivity index (χ0n) is 15.5. The standard InChI is InChI=1S/C23H22N2O3/c26-19(25(17-7-3-1-4-8-17)18-9-5-2-6-10-18)14-24-22(27)20-15-11-12-16(13-15)21(20)23(24)28/h1-10,15-16,20-21H,11-14H2/t15-,16+,20-,21-/m0/s1. The molecule has 28 heavy (non-hydrogen) atoms. The van der Waals surface area contributed by atoms with Crippen LogP contribution in [0, 0.1) is 23.7 Å². The van der Waals surface area contributed by atoms with E-state index in [9.17, 15) is 14.4 Å². The summed E-state index contributed by atoms with van der Waals surface area (Å²) in [5.74, 6) is -0.293. The average molecular weight is 374 g/mol. The topological polar surface area (TPSA) is 57.7 Å². The van der Waals surface area contributed by atoms with E-state index in [2.05, 4.69) is 0 Å². The van der Waals surface area contributed by atoms with E-state index in [0.29, 0.717) is 11.8 Å². The van der Waals surface area contributed by atoms with Gasteiger partial charge in [-0.1, -0.05) is 36.4 Å². The Balaban J connectivity index is 1.43. The van der Waals surface area contributed by atoms with Gasteiger partial charge in [0, 0.05) is 11.4 Å². The lowest BCUT2D eigenvalue weighted by Crippen LogP contribution is -2.42. The zero-order valence-corrected chi connectivity index (χ0v) is 15.5. The third-order valence-electron chi connectivity index (χ3n) is 6.59. The lowest BCUT2D eigenvalue weighted by Gasteiger charge is -2.25. The van der Waals surface area contributed by atoms with Gasteiger partial charge in [-0.05, 0) is 55.4 Å². The first-order chi connectivity index (χ1) is 13.6. The molecule has 0 N–H and O–H groups in total. The van der Waals surface area contributed by atoms with Crippen LogP contribution in [0.3, 0.4) is 0 Å². The molecule has 2 aliphatic carbocycles. The Morgan fingerprint density at radius 1 is 0.821 bits per heavy atom. The van der Waals surface area contributed by atoms with Crippen LogP contribution in [0.2, 0.25) is 0 Å². The number of benzene rings is 2. The molecule has 142 valence electrons. The van der Waals surface area contributed by atoms with Crippen LogP contribution in [-0.2, 0) is 14.4 Å². The second-order valence-electron chi connectivity index (χ2n) is 8.05. The predicted molar refractivity (Wildman–Crippen MR) is 105 cm³/mol.